The standard InChI is InChI=1S/C18H22ClNO4S/c1-24-17-8-7-16(19)13-18(17)25(22,23)20-11-9-15(10-12-21)14-5-3-2-4-6-14/h2-8,13,15,20-21H,9-12H2,1H3. The lowest BCUT2D eigenvalue weighted by Gasteiger charge is -2.17. The van der Waals surface area contributed by atoms with Crippen LogP contribution in [0.1, 0.15) is 24.3 Å². The highest BCUT2D eigenvalue weighted by atomic mass is 35.5. The monoisotopic (exact) mass is 383 g/mol. The highest BCUT2D eigenvalue weighted by Gasteiger charge is 2.20. The maximum Gasteiger partial charge on any atom is 0.244 e. The summed E-state index contributed by atoms with van der Waals surface area (Å²) >= 11 is 5.91. The smallest absolute Gasteiger partial charge is 0.244 e. The summed E-state index contributed by atoms with van der Waals surface area (Å²) in [6.45, 7) is 0.298. The number of aliphatic hydroxyl groups excluding tert-OH is 1. The van der Waals surface area contributed by atoms with E-state index in [1.54, 1.807) is 6.07 Å². The number of rotatable bonds is 9. The molecule has 0 radical (unpaired) electrons. The van der Waals surface area contributed by atoms with E-state index in [4.69, 9.17) is 16.3 Å². The number of nitrogens with one attached hydrogen (secondary N) is 1. The van der Waals surface area contributed by atoms with Crippen molar-refractivity contribution >= 4 is 21.6 Å². The van der Waals surface area contributed by atoms with Crippen molar-refractivity contribution in [1.82, 2.24) is 4.72 Å². The maximum atomic E-state index is 12.5. The van der Waals surface area contributed by atoms with Crippen LogP contribution in [0.25, 0.3) is 0 Å². The topological polar surface area (TPSA) is 75.6 Å². The van der Waals surface area contributed by atoms with Crippen LogP contribution in [0.2, 0.25) is 5.02 Å². The molecule has 1 atom stereocenters. The zero-order chi connectivity index (χ0) is 18.3. The Morgan fingerprint density at radius 3 is 2.52 bits per heavy atom. The average Bonchev–Trinajstić information content (AvgIpc) is 2.61. The van der Waals surface area contributed by atoms with Crippen LogP contribution < -0.4 is 9.46 Å². The van der Waals surface area contributed by atoms with Gasteiger partial charge in [-0.25, -0.2) is 13.1 Å². The maximum absolute atomic E-state index is 12.5. The van der Waals surface area contributed by atoms with Gasteiger partial charge in [-0.3, -0.25) is 0 Å². The molecule has 25 heavy (non-hydrogen) atoms. The van der Waals surface area contributed by atoms with Crippen LogP contribution in [0.5, 0.6) is 5.75 Å². The molecule has 0 aliphatic carbocycles. The third-order valence-corrected chi connectivity index (χ3v) is 5.67. The Morgan fingerprint density at radius 1 is 1.16 bits per heavy atom. The quantitative estimate of drug-likeness (QED) is 0.697. The lowest BCUT2D eigenvalue weighted by molar-refractivity contribution is 0.273. The summed E-state index contributed by atoms with van der Waals surface area (Å²) in [5.74, 6) is 0.321. The van der Waals surface area contributed by atoms with Crippen LogP contribution in [0, 0.1) is 0 Å². The minimum absolute atomic E-state index is 0.0147. The van der Waals surface area contributed by atoms with Crippen molar-refractivity contribution < 1.29 is 18.3 Å². The second kappa shape index (κ2) is 9.20. The van der Waals surface area contributed by atoms with Crippen molar-refractivity contribution in [1.29, 1.82) is 0 Å². The molecule has 0 aliphatic rings. The Balaban J connectivity index is 2.08. The molecule has 0 aliphatic heterocycles. The van der Waals surface area contributed by atoms with Gasteiger partial charge in [-0.2, -0.15) is 0 Å². The van der Waals surface area contributed by atoms with Gasteiger partial charge in [0.05, 0.1) is 7.11 Å². The van der Waals surface area contributed by atoms with Gasteiger partial charge in [-0.1, -0.05) is 41.9 Å². The molecular weight excluding hydrogens is 362 g/mol. The summed E-state index contributed by atoms with van der Waals surface area (Å²) in [7, 11) is -2.33. The molecule has 0 saturated heterocycles. The van der Waals surface area contributed by atoms with E-state index in [-0.39, 0.29) is 29.7 Å². The summed E-state index contributed by atoms with van der Waals surface area (Å²) in [5.41, 5.74) is 1.08. The van der Waals surface area contributed by atoms with Crippen LogP contribution in [0.4, 0.5) is 0 Å². The molecule has 0 fully saturated rings. The number of benzene rings is 2. The van der Waals surface area contributed by atoms with E-state index in [1.807, 2.05) is 30.3 Å². The molecule has 7 heteroatoms. The van der Waals surface area contributed by atoms with Gasteiger partial charge in [0.25, 0.3) is 0 Å². The lowest BCUT2D eigenvalue weighted by Crippen LogP contribution is -2.26. The molecule has 0 heterocycles. The summed E-state index contributed by atoms with van der Waals surface area (Å²) in [6.07, 6.45) is 1.15. The van der Waals surface area contributed by atoms with Crippen molar-refractivity contribution in [2.75, 3.05) is 20.3 Å². The zero-order valence-corrected chi connectivity index (χ0v) is 15.6. The molecule has 136 valence electrons. The van der Waals surface area contributed by atoms with Crippen LogP contribution in [-0.2, 0) is 10.0 Å². The Bertz CT molecular complexity index is 781. The molecule has 5 nitrogen and oxygen atoms in total. The number of halogens is 1. The van der Waals surface area contributed by atoms with E-state index >= 15 is 0 Å². The molecule has 0 bridgehead atoms. The van der Waals surface area contributed by atoms with Crippen LogP contribution in [-0.4, -0.2) is 33.8 Å². The number of hydrogen-bond donors (Lipinski definition) is 2. The third-order valence-electron chi connectivity index (χ3n) is 3.95. The SMILES string of the molecule is COc1ccc(Cl)cc1S(=O)(=O)NCCC(CCO)c1ccccc1. The number of sulfonamides is 1. The number of methoxy groups -OCH3 is 1. The van der Waals surface area contributed by atoms with Gasteiger partial charge in [0.15, 0.2) is 0 Å². The van der Waals surface area contributed by atoms with Gasteiger partial charge in [-0.15, -0.1) is 0 Å². The molecule has 0 spiro atoms. The van der Waals surface area contributed by atoms with Crippen molar-refractivity contribution in [3.8, 4) is 5.75 Å². The minimum Gasteiger partial charge on any atom is -0.495 e. The Labute approximate surface area is 153 Å². The van der Waals surface area contributed by atoms with Crippen LogP contribution >= 0.6 is 11.6 Å². The zero-order valence-electron chi connectivity index (χ0n) is 14.0. The molecule has 2 aromatic rings. The fourth-order valence-corrected chi connectivity index (χ4v) is 4.14. The van der Waals surface area contributed by atoms with Gasteiger partial charge < -0.3 is 9.84 Å². The van der Waals surface area contributed by atoms with E-state index < -0.39 is 10.0 Å². The first-order valence-corrected chi connectivity index (χ1v) is 9.83. The van der Waals surface area contributed by atoms with Gasteiger partial charge >= 0.3 is 0 Å². The largest absolute Gasteiger partial charge is 0.495 e. The van der Waals surface area contributed by atoms with E-state index in [0.717, 1.165) is 5.56 Å². The Kier molecular flexibility index (Phi) is 7.25. The van der Waals surface area contributed by atoms with Gasteiger partial charge in [0, 0.05) is 18.2 Å². The summed E-state index contributed by atoms with van der Waals surface area (Å²) < 4.78 is 32.8. The van der Waals surface area contributed by atoms with Gasteiger partial charge in [0.1, 0.15) is 10.6 Å². The molecule has 2 aromatic carbocycles. The third kappa shape index (κ3) is 5.44. The molecule has 2 N–H and O–H groups in total. The molecule has 1 unspecified atom stereocenters. The molecule has 0 saturated carbocycles. The van der Waals surface area contributed by atoms with Crippen molar-refractivity contribution in [2.45, 2.75) is 23.7 Å². The predicted octanol–water partition coefficient (Wildman–Crippen LogP) is 3.18. The highest BCUT2D eigenvalue weighted by molar-refractivity contribution is 7.89. The summed E-state index contributed by atoms with van der Waals surface area (Å²) in [6, 6.07) is 14.2. The van der Waals surface area contributed by atoms with E-state index in [9.17, 15) is 13.5 Å². The Hall–Kier alpha value is -1.60. The fourth-order valence-electron chi connectivity index (χ4n) is 2.66. The van der Waals surface area contributed by atoms with Crippen molar-refractivity contribution in [3.05, 3.63) is 59.1 Å². The van der Waals surface area contributed by atoms with Crippen LogP contribution in [0.3, 0.4) is 0 Å². The first-order chi connectivity index (χ1) is 12.0. The second-order valence-corrected chi connectivity index (χ2v) is 7.77. The Morgan fingerprint density at radius 2 is 1.88 bits per heavy atom. The highest BCUT2D eigenvalue weighted by Crippen LogP contribution is 2.27. The van der Waals surface area contributed by atoms with Crippen molar-refractivity contribution in [3.63, 3.8) is 0 Å². The first-order valence-electron chi connectivity index (χ1n) is 7.97. The summed E-state index contributed by atoms with van der Waals surface area (Å²) in [5, 5.41) is 9.59. The normalized spacial score (nSPS) is 12.8. The van der Waals surface area contributed by atoms with E-state index in [1.165, 1.54) is 19.2 Å². The van der Waals surface area contributed by atoms with Gasteiger partial charge in [-0.05, 0) is 42.5 Å². The summed E-state index contributed by atoms with van der Waals surface area (Å²) in [4.78, 5) is 0.0147. The number of ether oxygens (including phenoxy) is 1. The molecule has 0 aromatic heterocycles. The number of aliphatic hydroxyl groups is 1. The molecule has 2 rings (SSSR count). The minimum atomic E-state index is -3.74. The van der Waals surface area contributed by atoms with Gasteiger partial charge in [0.2, 0.25) is 10.0 Å². The number of hydrogen-bond acceptors (Lipinski definition) is 4. The van der Waals surface area contributed by atoms with Crippen molar-refractivity contribution in [2.24, 2.45) is 0 Å². The molecule has 0 amide bonds. The van der Waals surface area contributed by atoms with E-state index in [2.05, 4.69) is 4.72 Å². The lowest BCUT2D eigenvalue weighted by atomic mass is 9.93. The fraction of sp³-hybridized carbons (Fsp3) is 0.333. The average molecular weight is 384 g/mol. The second-order valence-electron chi connectivity index (χ2n) is 5.60. The molecular formula is C18H22ClNO4S. The van der Waals surface area contributed by atoms with Crippen LogP contribution in [0.15, 0.2) is 53.4 Å². The van der Waals surface area contributed by atoms with E-state index in [0.29, 0.717) is 17.9 Å². The predicted molar refractivity (Wildman–Crippen MR) is 98.7 cm³/mol. The first kappa shape index (κ1) is 19.7.